The first kappa shape index (κ1) is 15.4. The van der Waals surface area contributed by atoms with Crippen molar-refractivity contribution >= 4 is 5.69 Å². The Labute approximate surface area is 123 Å². The van der Waals surface area contributed by atoms with Crippen LogP contribution in [0.4, 0.5) is 5.69 Å². The average Bonchev–Trinajstić information content (AvgIpc) is 2.49. The number of para-hydroxylation sites is 1. The number of rotatable bonds is 6. The summed E-state index contributed by atoms with van der Waals surface area (Å²) in [5, 5.41) is 11.3. The van der Waals surface area contributed by atoms with Gasteiger partial charge in [-0.3, -0.25) is 0 Å². The van der Waals surface area contributed by atoms with Gasteiger partial charge in [0.25, 0.3) is 0 Å². The van der Waals surface area contributed by atoms with E-state index in [-0.39, 0.29) is 0 Å². The summed E-state index contributed by atoms with van der Waals surface area (Å²) in [6, 6.07) is 10.3. The Morgan fingerprint density at radius 3 is 2.65 bits per heavy atom. The van der Waals surface area contributed by atoms with E-state index in [0.29, 0.717) is 5.92 Å². The summed E-state index contributed by atoms with van der Waals surface area (Å²) in [5.74, 6) is 0.410. The van der Waals surface area contributed by atoms with Gasteiger partial charge in [0.05, 0.1) is 0 Å². The molecule has 0 saturated heterocycles. The van der Waals surface area contributed by atoms with E-state index in [4.69, 9.17) is 0 Å². The number of hydrogen-bond acceptors (Lipinski definition) is 2. The third kappa shape index (κ3) is 3.35. The maximum absolute atomic E-state index is 11.3. The van der Waals surface area contributed by atoms with E-state index in [9.17, 15) is 5.11 Å². The smallest absolute Gasteiger partial charge is 0.140 e. The molecule has 2 rings (SSSR count). The number of unbranched alkanes of at least 4 members (excludes halogenated alkanes) is 2. The van der Waals surface area contributed by atoms with Gasteiger partial charge in [0, 0.05) is 18.7 Å². The molecule has 0 aromatic heterocycles. The second-order valence-corrected chi connectivity index (χ2v) is 6.21. The third-order valence-electron chi connectivity index (χ3n) is 4.88. The Bertz CT molecular complexity index is 392. The fourth-order valence-electron chi connectivity index (χ4n) is 3.54. The van der Waals surface area contributed by atoms with E-state index in [1.807, 2.05) is 25.2 Å². The van der Waals surface area contributed by atoms with Crippen molar-refractivity contribution in [2.45, 2.75) is 64.0 Å². The minimum atomic E-state index is -0.659. The number of anilines is 1. The van der Waals surface area contributed by atoms with Crippen LogP contribution in [0.1, 0.15) is 58.3 Å². The van der Waals surface area contributed by atoms with Gasteiger partial charge in [-0.25, -0.2) is 0 Å². The fourth-order valence-corrected chi connectivity index (χ4v) is 3.54. The molecule has 20 heavy (non-hydrogen) atoms. The molecule has 1 aromatic rings. The predicted molar refractivity (Wildman–Crippen MR) is 85.9 cm³/mol. The van der Waals surface area contributed by atoms with E-state index >= 15 is 0 Å². The SMILES string of the molecule is CCCCCC1CCCCC1(O)N(C)c1ccccc1. The van der Waals surface area contributed by atoms with Crippen LogP contribution < -0.4 is 4.90 Å². The Kier molecular flexibility index (Phi) is 5.47. The second-order valence-electron chi connectivity index (χ2n) is 6.21. The summed E-state index contributed by atoms with van der Waals surface area (Å²) < 4.78 is 0. The summed E-state index contributed by atoms with van der Waals surface area (Å²) >= 11 is 0. The molecule has 0 amide bonds. The number of benzene rings is 1. The number of nitrogens with zero attached hydrogens (tertiary/aromatic N) is 1. The van der Waals surface area contributed by atoms with Crippen molar-refractivity contribution in [2.24, 2.45) is 5.92 Å². The van der Waals surface area contributed by atoms with Crippen molar-refractivity contribution in [1.29, 1.82) is 0 Å². The highest BCUT2D eigenvalue weighted by molar-refractivity contribution is 5.47. The molecule has 0 aliphatic heterocycles. The van der Waals surface area contributed by atoms with Gasteiger partial charge in [0.1, 0.15) is 5.72 Å². The largest absolute Gasteiger partial charge is 0.371 e. The van der Waals surface area contributed by atoms with Crippen LogP contribution in [0.15, 0.2) is 30.3 Å². The molecule has 1 aliphatic carbocycles. The van der Waals surface area contributed by atoms with Crippen molar-refractivity contribution < 1.29 is 5.11 Å². The van der Waals surface area contributed by atoms with Crippen LogP contribution in [-0.2, 0) is 0 Å². The highest BCUT2D eigenvalue weighted by Crippen LogP contribution is 2.40. The van der Waals surface area contributed by atoms with Crippen LogP contribution >= 0.6 is 0 Å². The van der Waals surface area contributed by atoms with Gasteiger partial charge < -0.3 is 10.0 Å². The van der Waals surface area contributed by atoms with Crippen LogP contribution in [0.5, 0.6) is 0 Å². The maximum atomic E-state index is 11.3. The van der Waals surface area contributed by atoms with Gasteiger partial charge in [-0.2, -0.15) is 0 Å². The zero-order valence-corrected chi connectivity index (χ0v) is 13.0. The van der Waals surface area contributed by atoms with Crippen molar-refractivity contribution in [2.75, 3.05) is 11.9 Å². The van der Waals surface area contributed by atoms with E-state index in [1.54, 1.807) is 0 Å². The lowest BCUT2D eigenvalue weighted by atomic mass is 9.77. The molecule has 2 atom stereocenters. The molecule has 1 saturated carbocycles. The van der Waals surface area contributed by atoms with Gasteiger partial charge in [-0.1, -0.05) is 50.8 Å². The lowest BCUT2D eigenvalue weighted by molar-refractivity contribution is -0.0505. The molecule has 0 radical (unpaired) electrons. The van der Waals surface area contributed by atoms with Gasteiger partial charge >= 0.3 is 0 Å². The molecule has 2 nitrogen and oxygen atoms in total. The Morgan fingerprint density at radius 2 is 1.95 bits per heavy atom. The number of hydrogen-bond donors (Lipinski definition) is 1. The van der Waals surface area contributed by atoms with Crippen LogP contribution in [-0.4, -0.2) is 17.9 Å². The quantitative estimate of drug-likeness (QED) is 0.606. The minimum Gasteiger partial charge on any atom is -0.371 e. The lowest BCUT2D eigenvalue weighted by Gasteiger charge is -2.47. The Morgan fingerprint density at radius 1 is 1.20 bits per heavy atom. The van der Waals surface area contributed by atoms with Crippen LogP contribution in [0, 0.1) is 5.92 Å². The first-order chi connectivity index (χ1) is 9.68. The van der Waals surface area contributed by atoms with Gasteiger partial charge in [0.15, 0.2) is 0 Å². The highest BCUT2D eigenvalue weighted by Gasteiger charge is 2.41. The topological polar surface area (TPSA) is 23.5 Å². The van der Waals surface area contributed by atoms with E-state index in [0.717, 1.165) is 31.4 Å². The molecule has 2 heteroatoms. The molecule has 2 unspecified atom stereocenters. The molecule has 0 bridgehead atoms. The van der Waals surface area contributed by atoms with E-state index < -0.39 is 5.72 Å². The fraction of sp³-hybridized carbons (Fsp3) is 0.667. The van der Waals surface area contributed by atoms with Crippen LogP contribution in [0.2, 0.25) is 0 Å². The van der Waals surface area contributed by atoms with Crippen molar-refractivity contribution in [3.8, 4) is 0 Å². The average molecular weight is 275 g/mol. The summed E-state index contributed by atoms with van der Waals surface area (Å²) in [6.07, 6.45) is 9.39. The Hall–Kier alpha value is -1.02. The van der Waals surface area contributed by atoms with Gasteiger partial charge in [-0.05, 0) is 37.8 Å². The first-order valence-corrected chi connectivity index (χ1v) is 8.19. The van der Waals surface area contributed by atoms with Crippen molar-refractivity contribution in [1.82, 2.24) is 0 Å². The first-order valence-electron chi connectivity index (χ1n) is 8.19. The molecule has 1 aromatic carbocycles. The molecule has 0 spiro atoms. The third-order valence-corrected chi connectivity index (χ3v) is 4.88. The number of aliphatic hydroxyl groups is 1. The Balaban J connectivity index is 2.11. The standard InChI is InChI=1S/C18H29NO/c1-3-4-6-11-16-12-9-10-15-18(16,20)19(2)17-13-7-5-8-14-17/h5,7-8,13-14,16,20H,3-4,6,9-12,15H2,1-2H3. The normalized spacial score (nSPS) is 26.4. The highest BCUT2D eigenvalue weighted by atomic mass is 16.3. The summed E-state index contributed by atoms with van der Waals surface area (Å²) in [5.41, 5.74) is 0.463. The summed E-state index contributed by atoms with van der Waals surface area (Å²) in [6.45, 7) is 2.24. The van der Waals surface area contributed by atoms with Crippen molar-refractivity contribution in [3.05, 3.63) is 30.3 Å². The van der Waals surface area contributed by atoms with E-state index in [2.05, 4.69) is 24.0 Å². The summed E-state index contributed by atoms with van der Waals surface area (Å²) in [4.78, 5) is 2.11. The van der Waals surface area contributed by atoms with Gasteiger partial charge in [0.2, 0.25) is 0 Å². The van der Waals surface area contributed by atoms with Gasteiger partial charge in [-0.15, -0.1) is 0 Å². The second kappa shape index (κ2) is 7.12. The molecule has 112 valence electrons. The predicted octanol–water partition coefficient (Wildman–Crippen LogP) is 4.58. The molecule has 1 aliphatic rings. The van der Waals surface area contributed by atoms with Crippen LogP contribution in [0.3, 0.4) is 0 Å². The molecular formula is C18H29NO. The van der Waals surface area contributed by atoms with E-state index in [1.165, 1.54) is 25.7 Å². The monoisotopic (exact) mass is 275 g/mol. The zero-order valence-electron chi connectivity index (χ0n) is 13.0. The molecule has 0 heterocycles. The molecular weight excluding hydrogens is 246 g/mol. The zero-order chi connectivity index (χ0) is 14.4. The van der Waals surface area contributed by atoms with Crippen LogP contribution in [0.25, 0.3) is 0 Å². The molecule has 1 fully saturated rings. The maximum Gasteiger partial charge on any atom is 0.140 e. The van der Waals surface area contributed by atoms with Crippen molar-refractivity contribution in [3.63, 3.8) is 0 Å². The minimum absolute atomic E-state index is 0.410. The summed E-state index contributed by atoms with van der Waals surface area (Å²) in [7, 11) is 2.05. The molecule has 1 N–H and O–H groups in total. The lowest BCUT2D eigenvalue weighted by Crippen LogP contribution is -2.54.